The summed E-state index contributed by atoms with van der Waals surface area (Å²) in [6.45, 7) is 5.94. The van der Waals surface area contributed by atoms with E-state index < -0.39 is 0 Å². The minimum absolute atomic E-state index is 0.721. The predicted octanol–water partition coefficient (Wildman–Crippen LogP) is 3.63. The van der Waals surface area contributed by atoms with E-state index in [4.69, 9.17) is 0 Å². The van der Waals surface area contributed by atoms with Crippen LogP contribution in [0, 0.1) is 6.92 Å². The highest BCUT2D eigenvalue weighted by atomic mass is 15.2. The lowest BCUT2D eigenvalue weighted by Crippen LogP contribution is -2.19. The molecule has 0 amide bonds. The molecule has 0 aliphatic carbocycles. The number of nitrogens with zero attached hydrogens (tertiary/aromatic N) is 3. The Hall–Kier alpha value is -2.10. The van der Waals surface area contributed by atoms with Crippen LogP contribution in [0.25, 0.3) is 0 Å². The van der Waals surface area contributed by atoms with Gasteiger partial charge in [-0.15, -0.1) is 0 Å². The molecule has 0 radical (unpaired) electrons. The molecule has 2 rings (SSSR count). The van der Waals surface area contributed by atoms with Crippen molar-refractivity contribution in [3.05, 3.63) is 47.7 Å². The third-order valence-corrected chi connectivity index (χ3v) is 3.31. The lowest BCUT2D eigenvalue weighted by Gasteiger charge is -2.19. The van der Waals surface area contributed by atoms with Gasteiger partial charge >= 0.3 is 0 Å². The highest BCUT2D eigenvalue weighted by Crippen LogP contribution is 2.16. The molecule has 0 saturated carbocycles. The van der Waals surface area contributed by atoms with Crippen LogP contribution >= 0.6 is 0 Å². The molecule has 1 aromatic heterocycles. The first-order valence-corrected chi connectivity index (χ1v) is 7.53. The van der Waals surface area contributed by atoms with Crippen molar-refractivity contribution in [1.82, 2.24) is 9.97 Å². The number of anilines is 2. The highest BCUT2D eigenvalue weighted by Gasteiger charge is 2.07. The molecule has 4 heteroatoms. The maximum Gasteiger partial charge on any atom is 0.224 e. The van der Waals surface area contributed by atoms with Gasteiger partial charge in [-0.05, 0) is 18.9 Å². The molecule has 0 unspecified atom stereocenters. The Morgan fingerprint density at radius 3 is 2.62 bits per heavy atom. The van der Waals surface area contributed by atoms with Gasteiger partial charge in [0.2, 0.25) is 5.95 Å². The number of hydrogen-bond donors (Lipinski definition) is 1. The Bertz CT molecular complexity index is 554. The molecule has 0 bridgehead atoms. The van der Waals surface area contributed by atoms with Gasteiger partial charge < -0.3 is 10.2 Å². The van der Waals surface area contributed by atoms with Gasteiger partial charge in [-0.1, -0.05) is 43.7 Å². The molecule has 0 atom stereocenters. The summed E-state index contributed by atoms with van der Waals surface area (Å²) >= 11 is 0. The average Bonchev–Trinajstić information content (AvgIpc) is 2.48. The first-order valence-electron chi connectivity index (χ1n) is 7.53. The van der Waals surface area contributed by atoms with E-state index in [1.165, 1.54) is 12.0 Å². The molecule has 0 aliphatic rings. The third-order valence-electron chi connectivity index (χ3n) is 3.31. The number of benzene rings is 1. The van der Waals surface area contributed by atoms with Gasteiger partial charge in [-0.25, -0.2) is 4.98 Å². The van der Waals surface area contributed by atoms with E-state index in [9.17, 15) is 0 Å². The van der Waals surface area contributed by atoms with Crippen LogP contribution in [0.1, 0.15) is 31.0 Å². The van der Waals surface area contributed by atoms with Crippen molar-refractivity contribution < 1.29 is 0 Å². The number of aromatic nitrogens is 2. The van der Waals surface area contributed by atoms with Crippen LogP contribution in [-0.2, 0) is 6.54 Å². The van der Waals surface area contributed by atoms with Gasteiger partial charge in [0, 0.05) is 31.9 Å². The van der Waals surface area contributed by atoms with E-state index in [1.54, 1.807) is 0 Å². The monoisotopic (exact) mass is 284 g/mol. The summed E-state index contributed by atoms with van der Waals surface area (Å²) in [5, 5.41) is 3.30. The van der Waals surface area contributed by atoms with E-state index in [1.807, 2.05) is 19.1 Å². The largest absolute Gasteiger partial charge is 0.355 e. The molecule has 0 saturated heterocycles. The van der Waals surface area contributed by atoms with Crippen molar-refractivity contribution >= 4 is 11.8 Å². The lowest BCUT2D eigenvalue weighted by atomic mass is 10.2. The molecule has 21 heavy (non-hydrogen) atoms. The first kappa shape index (κ1) is 15.3. The highest BCUT2D eigenvalue weighted by molar-refractivity contribution is 5.44. The van der Waals surface area contributed by atoms with Crippen LogP contribution in [0.4, 0.5) is 11.8 Å². The van der Waals surface area contributed by atoms with E-state index in [2.05, 4.69) is 58.4 Å². The van der Waals surface area contributed by atoms with Gasteiger partial charge in [0.15, 0.2) is 0 Å². The SMILES string of the molecule is CCCCNc1nc(C)cc(N(C)Cc2ccccc2)n1. The van der Waals surface area contributed by atoms with Crippen LogP contribution in [-0.4, -0.2) is 23.6 Å². The molecule has 0 aliphatic heterocycles. The topological polar surface area (TPSA) is 41.1 Å². The molecule has 1 heterocycles. The van der Waals surface area contributed by atoms with Gasteiger partial charge in [0.05, 0.1) is 0 Å². The number of unbranched alkanes of at least 4 members (excludes halogenated alkanes) is 1. The van der Waals surface area contributed by atoms with Gasteiger partial charge in [-0.2, -0.15) is 4.98 Å². The molecule has 0 fully saturated rings. The third kappa shape index (κ3) is 4.74. The molecule has 0 spiro atoms. The van der Waals surface area contributed by atoms with Crippen molar-refractivity contribution in [1.29, 1.82) is 0 Å². The van der Waals surface area contributed by atoms with Gasteiger partial charge in [-0.3, -0.25) is 0 Å². The van der Waals surface area contributed by atoms with Crippen molar-refractivity contribution in [3.8, 4) is 0 Å². The van der Waals surface area contributed by atoms with Gasteiger partial charge in [0.1, 0.15) is 5.82 Å². The second-order valence-corrected chi connectivity index (χ2v) is 5.31. The summed E-state index contributed by atoms with van der Waals surface area (Å²) in [5.41, 5.74) is 2.26. The second-order valence-electron chi connectivity index (χ2n) is 5.31. The van der Waals surface area contributed by atoms with Crippen LogP contribution in [0.5, 0.6) is 0 Å². The van der Waals surface area contributed by atoms with Crippen LogP contribution in [0.2, 0.25) is 0 Å². The van der Waals surface area contributed by atoms with Crippen molar-refractivity contribution in [2.75, 3.05) is 23.8 Å². The Morgan fingerprint density at radius 1 is 1.14 bits per heavy atom. The van der Waals surface area contributed by atoms with E-state index >= 15 is 0 Å². The fourth-order valence-corrected chi connectivity index (χ4v) is 2.14. The molecular weight excluding hydrogens is 260 g/mol. The quantitative estimate of drug-likeness (QED) is 0.788. The Labute approximate surface area is 127 Å². The summed E-state index contributed by atoms with van der Waals surface area (Å²) in [5.74, 6) is 1.67. The fraction of sp³-hybridized carbons (Fsp3) is 0.412. The smallest absolute Gasteiger partial charge is 0.224 e. The van der Waals surface area contributed by atoms with Crippen molar-refractivity contribution in [2.24, 2.45) is 0 Å². The fourth-order valence-electron chi connectivity index (χ4n) is 2.14. The normalized spacial score (nSPS) is 10.4. The Balaban J connectivity index is 2.07. The number of hydrogen-bond acceptors (Lipinski definition) is 4. The maximum atomic E-state index is 4.61. The van der Waals surface area contributed by atoms with Crippen molar-refractivity contribution in [3.63, 3.8) is 0 Å². The lowest BCUT2D eigenvalue weighted by molar-refractivity contribution is 0.821. The van der Waals surface area contributed by atoms with E-state index in [0.717, 1.165) is 37.0 Å². The van der Waals surface area contributed by atoms with Gasteiger partial charge in [0.25, 0.3) is 0 Å². The summed E-state index contributed by atoms with van der Waals surface area (Å²) in [6, 6.07) is 12.4. The zero-order chi connectivity index (χ0) is 15.1. The van der Waals surface area contributed by atoms with E-state index in [-0.39, 0.29) is 0 Å². The number of nitrogens with one attached hydrogen (secondary N) is 1. The molecular formula is C17H24N4. The van der Waals surface area contributed by atoms with Crippen LogP contribution in [0.15, 0.2) is 36.4 Å². The number of rotatable bonds is 7. The predicted molar refractivity (Wildman–Crippen MR) is 88.7 cm³/mol. The zero-order valence-corrected chi connectivity index (χ0v) is 13.1. The Morgan fingerprint density at radius 2 is 1.90 bits per heavy atom. The van der Waals surface area contributed by atoms with E-state index in [0.29, 0.717) is 0 Å². The minimum Gasteiger partial charge on any atom is -0.355 e. The first-order chi connectivity index (χ1) is 10.2. The van der Waals surface area contributed by atoms with Crippen LogP contribution in [0.3, 0.4) is 0 Å². The molecule has 2 aromatic rings. The standard InChI is InChI=1S/C17H24N4/c1-4-5-11-18-17-19-14(2)12-16(20-17)21(3)13-15-9-7-6-8-10-15/h6-10,12H,4-5,11,13H2,1-3H3,(H,18,19,20). The van der Waals surface area contributed by atoms with Crippen molar-refractivity contribution in [2.45, 2.75) is 33.2 Å². The Kier molecular flexibility index (Phi) is 5.55. The molecule has 1 N–H and O–H groups in total. The molecule has 112 valence electrons. The maximum absolute atomic E-state index is 4.61. The summed E-state index contributed by atoms with van der Waals surface area (Å²) < 4.78 is 0. The minimum atomic E-state index is 0.721. The molecule has 4 nitrogen and oxygen atoms in total. The molecule has 1 aromatic carbocycles. The summed E-state index contributed by atoms with van der Waals surface area (Å²) in [7, 11) is 2.06. The summed E-state index contributed by atoms with van der Waals surface area (Å²) in [4.78, 5) is 11.2. The zero-order valence-electron chi connectivity index (χ0n) is 13.1. The average molecular weight is 284 g/mol. The number of aryl methyl sites for hydroxylation is 1. The summed E-state index contributed by atoms with van der Waals surface area (Å²) in [6.07, 6.45) is 2.30. The van der Waals surface area contributed by atoms with Crippen LogP contribution < -0.4 is 10.2 Å². The second kappa shape index (κ2) is 7.62.